The minimum atomic E-state index is -0.654. The highest BCUT2D eigenvalue weighted by molar-refractivity contribution is 5.90. The molecule has 0 bridgehead atoms. The Balaban J connectivity index is 1.67. The number of aromatic hydroxyl groups is 1. The van der Waals surface area contributed by atoms with Crippen molar-refractivity contribution in [3.05, 3.63) is 52.1 Å². The average molecular weight is 580 g/mol. The van der Waals surface area contributed by atoms with Crippen molar-refractivity contribution in [2.45, 2.75) is 131 Å². The second-order valence-corrected chi connectivity index (χ2v) is 13.7. The van der Waals surface area contributed by atoms with Gasteiger partial charge in [0.2, 0.25) is 0 Å². The molecule has 0 saturated carbocycles. The Labute approximate surface area is 255 Å². The van der Waals surface area contributed by atoms with Crippen LogP contribution in [-0.2, 0) is 11.2 Å². The van der Waals surface area contributed by atoms with Crippen molar-refractivity contribution < 1.29 is 19.4 Å². The van der Waals surface area contributed by atoms with Crippen LogP contribution in [0.5, 0.6) is 11.5 Å². The summed E-state index contributed by atoms with van der Waals surface area (Å²) in [7, 11) is 1.85. The fraction of sp³-hybridized carbons (Fsp3) is 0.649. The smallest absolute Gasteiger partial charge is 0.338 e. The Morgan fingerprint density at radius 2 is 1.50 bits per heavy atom. The molecule has 0 aliphatic carbocycles. The third-order valence-corrected chi connectivity index (χ3v) is 9.65. The van der Waals surface area contributed by atoms with E-state index in [1.807, 2.05) is 40.0 Å². The van der Waals surface area contributed by atoms with E-state index in [4.69, 9.17) is 9.47 Å². The zero-order chi connectivity index (χ0) is 31.0. The maximum atomic E-state index is 13.3. The molecular formula is C37H57NO4. The van der Waals surface area contributed by atoms with Gasteiger partial charge >= 0.3 is 5.97 Å². The molecule has 0 saturated heterocycles. The molecule has 4 atom stereocenters. The lowest BCUT2D eigenvalue weighted by Gasteiger charge is -2.43. The molecule has 0 aromatic heterocycles. The molecule has 1 aliphatic rings. The first-order valence-electron chi connectivity index (χ1n) is 16.4. The largest absolute Gasteiger partial charge is 0.507 e. The second kappa shape index (κ2) is 15.2. The van der Waals surface area contributed by atoms with Gasteiger partial charge in [-0.3, -0.25) is 0 Å². The van der Waals surface area contributed by atoms with Crippen LogP contribution in [0.1, 0.15) is 125 Å². The van der Waals surface area contributed by atoms with Crippen LogP contribution in [0.4, 0.5) is 5.69 Å². The highest BCUT2D eigenvalue weighted by atomic mass is 16.6. The van der Waals surface area contributed by atoms with E-state index in [2.05, 4.69) is 39.9 Å². The number of carbonyl (C=O) groups is 1. The van der Waals surface area contributed by atoms with Gasteiger partial charge in [-0.25, -0.2) is 4.79 Å². The van der Waals surface area contributed by atoms with Gasteiger partial charge in [0.1, 0.15) is 23.2 Å². The second-order valence-electron chi connectivity index (χ2n) is 13.7. The Kier molecular flexibility index (Phi) is 12.2. The Morgan fingerprint density at radius 1 is 0.929 bits per heavy atom. The van der Waals surface area contributed by atoms with Crippen LogP contribution in [-0.4, -0.2) is 29.8 Å². The summed E-state index contributed by atoms with van der Waals surface area (Å²) in [5.74, 6) is 3.07. The van der Waals surface area contributed by atoms with Crippen LogP contribution in [0.2, 0.25) is 0 Å². The summed E-state index contributed by atoms with van der Waals surface area (Å²) in [5.41, 5.74) is 4.36. The van der Waals surface area contributed by atoms with Gasteiger partial charge in [0.15, 0.2) is 0 Å². The molecule has 2 N–H and O–H groups in total. The molecule has 2 aromatic rings. The lowest BCUT2D eigenvalue weighted by Crippen LogP contribution is -2.51. The van der Waals surface area contributed by atoms with Crippen LogP contribution >= 0.6 is 0 Å². The minimum absolute atomic E-state index is 0.300. The number of ether oxygens (including phenoxy) is 2. The molecule has 0 radical (unpaired) electrons. The van der Waals surface area contributed by atoms with Gasteiger partial charge in [-0.1, -0.05) is 72.6 Å². The Morgan fingerprint density at radius 3 is 2.07 bits per heavy atom. The lowest BCUT2D eigenvalue weighted by atomic mass is 9.81. The standard InChI is InChI=1S/C37H57NO4/c1-24(2)13-10-14-25(3)15-11-16-26(4)17-12-22-37(8)33(41-36(40)30-18-20-31(38-9)21-19-30)23-32-29(7)34(39)27(5)28(6)35(32)42-37/h18-21,24-26,33,38-39H,10-17,22-23H2,1-9H3/t25-,26+,33?,37-/m0/s1. The van der Waals surface area contributed by atoms with Crippen molar-refractivity contribution in [1.82, 2.24) is 0 Å². The number of hydrogen-bond donors (Lipinski definition) is 2. The van der Waals surface area contributed by atoms with Gasteiger partial charge in [-0.2, -0.15) is 0 Å². The summed E-state index contributed by atoms with van der Waals surface area (Å²) in [5, 5.41) is 13.9. The summed E-state index contributed by atoms with van der Waals surface area (Å²) in [6, 6.07) is 7.34. The lowest BCUT2D eigenvalue weighted by molar-refractivity contribution is -0.0752. The number of phenols is 1. The van der Waals surface area contributed by atoms with E-state index < -0.39 is 11.7 Å². The number of fused-ring (bicyclic) bond motifs is 1. The molecule has 5 nitrogen and oxygen atoms in total. The SMILES string of the molecule is CNc1ccc(C(=O)OC2Cc3c(C)c(O)c(C)c(C)c3O[C@@]2(C)CCC[C@H](C)CCC[C@@H](C)CCCC(C)C)cc1. The van der Waals surface area contributed by atoms with Gasteiger partial charge in [0, 0.05) is 24.7 Å². The van der Waals surface area contributed by atoms with Crippen molar-refractivity contribution in [1.29, 1.82) is 0 Å². The number of phenolic OH excluding ortho intramolecular Hbond substituents is 1. The number of esters is 1. The van der Waals surface area contributed by atoms with Crippen LogP contribution in [0.25, 0.3) is 0 Å². The summed E-state index contributed by atoms with van der Waals surface area (Å²) in [6.07, 6.45) is 10.9. The number of rotatable bonds is 15. The van der Waals surface area contributed by atoms with E-state index in [0.717, 1.165) is 64.8 Å². The van der Waals surface area contributed by atoms with Crippen LogP contribution in [0.3, 0.4) is 0 Å². The molecule has 3 rings (SSSR count). The fourth-order valence-electron chi connectivity index (χ4n) is 6.38. The minimum Gasteiger partial charge on any atom is -0.507 e. The van der Waals surface area contributed by atoms with E-state index in [9.17, 15) is 9.90 Å². The molecule has 0 amide bonds. The molecule has 5 heteroatoms. The third kappa shape index (κ3) is 8.67. The van der Waals surface area contributed by atoms with Gasteiger partial charge in [0.05, 0.1) is 5.56 Å². The highest BCUT2D eigenvalue weighted by Gasteiger charge is 2.45. The predicted octanol–water partition coefficient (Wildman–Crippen LogP) is 9.72. The third-order valence-electron chi connectivity index (χ3n) is 9.65. The van der Waals surface area contributed by atoms with Gasteiger partial charge in [0.25, 0.3) is 0 Å². The van der Waals surface area contributed by atoms with Gasteiger partial charge < -0.3 is 19.9 Å². The molecule has 234 valence electrons. The average Bonchev–Trinajstić information content (AvgIpc) is 2.95. The van der Waals surface area contributed by atoms with Crippen LogP contribution in [0, 0.1) is 38.5 Å². The van der Waals surface area contributed by atoms with Crippen molar-refractivity contribution in [3.63, 3.8) is 0 Å². The van der Waals surface area contributed by atoms with E-state index in [-0.39, 0.29) is 5.97 Å². The monoisotopic (exact) mass is 579 g/mol. The summed E-state index contributed by atoms with van der Waals surface area (Å²) >= 11 is 0. The zero-order valence-corrected chi connectivity index (χ0v) is 27.9. The first-order chi connectivity index (χ1) is 19.9. The maximum Gasteiger partial charge on any atom is 0.338 e. The molecule has 0 fully saturated rings. The highest BCUT2D eigenvalue weighted by Crippen LogP contribution is 2.45. The molecule has 2 aromatic carbocycles. The predicted molar refractivity (Wildman–Crippen MR) is 175 cm³/mol. The van der Waals surface area contributed by atoms with Crippen molar-refractivity contribution in [2.75, 3.05) is 12.4 Å². The number of anilines is 1. The summed E-state index contributed by atoms with van der Waals surface area (Å²) in [6.45, 7) is 17.4. The number of nitrogens with one attached hydrogen (secondary N) is 1. The van der Waals surface area contributed by atoms with Gasteiger partial charge in [-0.05, 0) is 99.2 Å². The zero-order valence-electron chi connectivity index (χ0n) is 27.9. The molecule has 0 spiro atoms. The number of benzene rings is 2. The van der Waals surface area contributed by atoms with Crippen molar-refractivity contribution in [2.24, 2.45) is 17.8 Å². The first kappa shape index (κ1) is 33.8. The molecule has 42 heavy (non-hydrogen) atoms. The van der Waals surface area contributed by atoms with Gasteiger partial charge in [-0.15, -0.1) is 0 Å². The molecule has 1 aliphatic heterocycles. The van der Waals surface area contributed by atoms with E-state index in [1.165, 1.54) is 38.5 Å². The van der Waals surface area contributed by atoms with E-state index >= 15 is 0 Å². The Hall–Kier alpha value is -2.69. The maximum absolute atomic E-state index is 13.3. The number of hydrogen-bond acceptors (Lipinski definition) is 5. The number of carbonyl (C=O) groups excluding carboxylic acids is 1. The van der Waals surface area contributed by atoms with Crippen molar-refractivity contribution in [3.8, 4) is 11.5 Å². The van der Waals surface area contributed by atoms with Crippen molar-refractivity contribution >= 4 is 11.7 Å². The summed E-state index contributed by atoms with van der Waals surface area (Å²) < 4.78 is 13.0. The van der Waals surface area contributed by atoms with E-state index in [1.54, 1.807) is 12.1 Å². The van der Waals surface area contributed by atoms with E-state index in [0.29, 0.717) is 23.7 Å². The first-order valence-corrected chi connectivity index (χ1v) is 16.4. The van der Waals surface area contributed by atoms with Crippen LogP contribution in [0.15, 0.2) is 24.3 Å². The fourth-order valence-corrected chi connectivity index (χ4v) is 6.38. The summed E-state index contributed by atoms with van der Waals surface area (Å²) in [4.78, 5) is 13.3. The quantitative estimate of drug-likeness (QED) is 0.206. The normalized spacial score (nSPS) is 19.6. The van der Waals surface area contributed by atoms with Crippen LogP contribution < -0.4 is 10.1 Å². The topological polar surface area (TPSA) is 67.8 Å². The molecule has 1 unspecified atom stereocenters. The molecule has 1 heterocycles. The Bertz CT molecular complexity index is 1170. The molecular weight excluding hydrogens is 522 g/mol.